The van der Waals surface area contributed by atoms with Crippen molar-refractivity contribution in [1.82, 2.24) is 14.5 Å². The van der Waals surface area contributed by atoms with Gasteiger partial charge in [-0.15, -0.1) is 0 Å². The van der Waals surface area contributed by atoms with Crippen molar-refractivity contribution in [3.05, 3.63) is 47.5 Å². The van der Waals surface area contributed by atoms with Crippen molar-refractivity contribution in [1.29, 1.82) is 0 Å². The third kappa shape index (κ3) is 5.04. The number of halogens is 1. The number of ether oxygens (including phenoxy) is 1. The highest BCUT2D eigenvalue weighted by Gasteiger charge is 2.34. The lowest BCUT2D eigenvalue weighted by Crippen LogP contribution is -2.49. The summed E-state index contributed by atoms with van der Waals surface area (Å²) in [4.78, 5) is 30.4. The first kappa shape index (κ1) is 20.2. The molecule has 0 radical (unpaired) electrons. The second kappa shape index (κ2) is 9.10. The lowest BCUT2D eigenvalue weighted by Gasteiger charge is -2.38. The SMILES string of the molecule is CCc1nccn1CC(=O)N1CC[C@H](Oc2cccc(Cl)c2)[C@@H](CC(N)=O)C1. The van der Waals surface area contributed by atoms with E-state index in [1.54, 1.807) is 23.2 Å². The van der Waals surface area contributed by atoms with Gasteiger partial charge in [0.15, 0.2) is 0 Å². The van der Waals surface area contributed by atoms with Crippen LogP contribution in [0.25, 0.3) is 0 Å². The Labute approximate surface area is 169 Å². The quantitative estimate of drug-likeness (QED) is 0.766. The fraction of sp³-hybridized carbons (Fsp3) is 0.450. The van der Waals surface area contributed by atoms with E-state index in [1.165, 1.54) is 0 Å². The Balaban J connectivity index is 1.67. The fourth-order valence-corrected chi connectivity index (χ4v) is 3.79. The first-order valence-corrected chi connectivity index (χ1v) is 9.82. The maximum atomic E-state index is 12.8. The van der Waals surface area contributed by atoms with Crippen LogP contribution in [0.5, 0.6) is 5.75 Å². The van der Waals surface area contributed by atoms with Crippen molar-refractivity contribution < 1.29 is 14.3 Å². The first-order chi connectivity index (χ1) is 13.5. The number of carbonyl (C=O) groups is 2. The van der Waals surface area contributed by atoms with Crippen LogP contribution in [0.1, 0.15) is 25.6 Å². The molecule has 28 heavy (non-hydrogen) atoms. The number of nitrogens with two attached hydrogens (primary N) is 1. The molecule has 2 aromatic rings. The molecule has 0 aliphatic carbocycles. The van der Waals surface area contributed by atoms with E-state index in [1.807, 2.05) is 29.8 Å². The van der Waals surface area contributed by atoms with Gasteiger partial charge in [-0.3, -0.25) is 9.59 Å². The van der Waals surface area contributed by atoms with Gasteiger partial charge in [0.05, 0.1) is 0 Å². The number of carbonyl (C=O) groups excluding carboxylic acids is 2. The molecule has 1 aliphatic rings. The fourth-order valence-electron chi connectivity index (χ4n) is 3.61. The molecule has 1 fully saturated rings. The van der Waals surface area contributed by atoms with Gasteiger partial charge in [0.2, 0.25) is 11.8 Å². The maximum Gasteiger partial charge on any atom is 0.242 e. The molecule has 0 bridgehead atoms. The number of piperidine rings is 1. The summed E-state index contributed by atoms with van der Waals surface area (Å²) in [5.74, 6) is 0.965. The number of aromatic nitrogens is 2. The molecule has 0 spiro atoms. The minimum atomic E-state index is -0.401. The Morgan fingerprint density at radius 2 is 2.21 bits per heavy atom. The Kier molecular flexibility index (Phi) is 6.57. The van der Waals surface area contributed by atoms with Crippen LogP contribution < -0.4 is 10.5 Å². The van der Waals surface area contributed by atoms with Gasteiger partial charge in [0.1, 0.15) is 24.2 Å². The Hall–Kier alpha value is -2.54. The van der Waals surface area contributed by atoms with Crippen LogP contribution in [0.2, 0.25) is 5.02 Å². The van der Waals surface area contributed by atoms with Crippen molar-refractivity contribution in [2.24, 2.45) is 11.7 Å². The maximum absolute atomic E-state index is 12.8. The predicted octanol–water partition coefficient (Wildman–Crippen LogP) is 2.27. The molecule has 2 N–H and O–H groups in total. The Bertz CT molecular complexity index is 838. The lowest BCUT2D eigenvalue weighted by atomic mass is 9.91. The third-order valence-corrected chi connectivity index (χ3v) is 5.22. The summed E-state index contributed by atoms with van der Waals surface area (Å²) >= 11 is 6.03. The van der Waals surface area contributed by atoms with Crippen LogP contribution in [0.15, 0.2) is 36.7 Å². The average molecular weight is 405 g/mol. The molecule has 1 saturated heterocycles. The van der Waals surface area contributed by atoms with Crippen LogP contribution in [0.3, 0.4) is 0 Å². The van der Waals surface area contributed by atoms with Crippen molar-refractivity contribution in [3.8, 4) is 5.75 Å². The molecule has 150 valence electrons. The second-order valence-electron chi connectivity index (χ2n) is 7.00. The van der Waals surface area contributed by atoms with E-state index >= 15 is 0 Å². The Morgan fingerprint density at radius 3 is 2.93 bits per heavy atom. The smallest absolute Gasteiger partial charge is 0.242 e. The van der Waals surface area contributed by atoms with Gasteiger partial charge in [-0.1, -0.05) is 24.6 Å². The third-order valence-electron chi connectivity index (χ3n) is 4.99. The minimum absolute atomic E-state index is 0.00313. The van der Waals surface area contributed by atoms with Crippen LogP contribution in [0, 0.1) is 5.92 Å². The highest BCUT2D eigenvalue weighted by Crippen LogP contribution is 2.27. The number of amides is 2. The molecular formula is C20H25ClN4O3. The van der Waals surface area contributed by atoms with Crippen LogP contribution in [0.4, 0.5) is 0 Å². The molecular weight excluding hydrogens is 380 g/mol. The summed E-state index contributed by atoms with van der Waals surface area (Å²) in [5.41, 5.74) is 5.44. The second-order valence-corrected chi connectivity index (χ2v) is 7.43. The van der Waals surface area contributed by atoms with Gasteiger partial charge in [-0.05, 0) is 18.2 Å². The minimum Gasteiger partial charge on any atom is -0.490 e. The molecule has 2 heterocycles. The lowest BCUT2D eigenvalue weighted by molar-refractivity contribution is -0.136. The van der Waals surface area contributed by atoms with Gasteiger partial charge < -0.3 is 19.9 Å². The topological polar surface area (TPSA) is 90.4 Å². The molecule has 1 aromatic carbocycles. The normalized spacial score (nSPS) is 19.4. The largest absolute Gasteiger partial charge is 0.490 e. The number of likely N-dealkylation sites (tertiary alicyclic amines) is 1. The summed E-state index contributed by atoms with van der Waals surface area (Å²) in [6.07, 6.45) is 4.87. The van der Waals surface area contributed by atoms with Gasteiger partial charge in [-0.2, -0.15) is 0 Å². The van der Waals surface area contributed by atoms with Gasteiger partial charge in [-0.25, -0.2) is 4.98 Å². The molecule has 2 amide bonds. The van der Waals surface area contributed by atoms with E-state index in [2.05, 4.69) is 4.98 Å². The van der Waals surface area contributed by atoms with E-state index in [9.17, 15) is 9.59 Å². The number of nitrogens with zero attached hydrogens (tertiary/aromatic N) is 3. The Morgan fingerprint density at radius 1 is 1.39 bits per heavy atom. The number of primary amides is 1. The molecule has 1 aliphatic heterocycles. The summed E-state index contributed by atoms with van der Waals surface area (Å²) in [5, 5.41) is 0.587. The van der Waals surface area contributed by atoms with E-state index in [0.29, 0.717) is 30.3 Å². The summed E-state index contributed by atoms with van der Waals surface area (Å²) in [7, 11) is 0. The first-order valence-electron chi connectivity index (χ1n) is 9.44. The molecule has 0 unspecified atom stereocenters. The zero-order chi connectivity index (χ0) is 20.1. The number of hydrogen-bond donors (Lipinski definition) is 1. The number of imidazole rings is 1. The van der Waals surface area contributed by atoms with Crippen LogP contribution >= 0.6 is 11.6 Å². The van der Waals surface area contributed by atoms with Crippen LogP contribution in [-0.4, -0.2) is 45.5 Å². The molecule has 1 aromatic heterocycles. The van der Waals surface area contributed by atoms with E-state index in [0.717, 1.165) is 12.2 Å². The van der Waals surface area contributed by atoms with Crippen molar-refractivity contribution in [3.63, 3.8) is 0 Å². The summed E-state index contributed by atoms with van der Waals surface area (Å²) in [6, 6.07) is 7.16. The highest BCUT2D eigenvalue weighted by atomic mass is 35.5. The van der Waals surface area contributed by atoms with Crippen molar-refractivity contribution in [2.45, 2.75) is 38.8 Å². The van der Waals surface area contributed by atoms with Crippen molar-refractivity contribution >= 4 is 23.4 Å². The van der Waals surface area contributed by atoms with Crippen molar-refractivity contribution in [2.75, 3.05) is 13.1 Å². The number of aryl methyl sites for hydroxylation is 1. The summed E-state index contributed by atoms with van der Waals surface area (Å²) < 4.78 is 7.94. The standard InChI is InChI=1S/C20H25ClN4O3/c1-2-19-23-7-9-24(19)13-20(27)25-8-6-17(14(12-25)10-18(22)26)28-16-5-3-4-15(21)11-16/h3-5,7,9,11,14,17H,2,6,8,10,12-13H2,1H3,(H2,22,26)/t14-,17-/m0/s1. The molecule has 0 saturated carbocycles. The van der Waals surface area contributed by atoms with Gasteiger partial charge in [0.25, 0.3) is 0 Å². The van der Waals surface area contributed by atoms with Crippen LogP contribution in [-0.2, 0) is 22.6 Å². The van der Waals surface area contributed by atoms with E-state index in [4.69, 9.17) is 22.1 Å². The number of rotatable bonds is 7. The monoisotopic (exact) mass is 404 g/mol. The molecule has 3 rings (SSSR count). The average Bonchev–Trinajstić information content (AvgIpc) is 3.10. The highest BCUT2D eigenvalue weighted by molar-refractivity contribution is 6.30. The van der Waals surface area contributed by atoms with Gasteiger partial charge >= 0.3 is 0 Å². The molecule has 8 heteroatoms. The predicted molar refractivity (Wildman–Crippen MR) is 106 cm³/mol. The summed E-state index contributed by atoms with van der Waals surface area (Å²) in [6.45, 7) is 3.25. The number of benzene rings is 1. The van der Waals surface area contributed by atoms with E-state index in [-0.39, 0.29) is 30.9 Å². The molecule has 2 atom stereocenters. The zero-order valence-corrected chi connectivity index (χ0v) is 16.6. The molecule has 7 nitrogen and oxygen atoms in total. The van der Waals surface area contributed by atoms with E-state index < -0.39 is 5.91 Å². The number of hydrogen-bond acceptors (Lipinski definition) is 4. The van der Waals surface area contributed by atoms with Gasteiger partial charge in [0, 0.05) is 55.7 Å². The zero-order valence-electron chi connectivity index (χ0n) is 15.9.